The summed E-state index contributed by atoms with van der Waals surface area (Å²) < 4.78 is 12.0. The van der Waals surface area contributed by atoms with Crippen molar-refractivity contribution in [1.82, 2.24) is 15.2 Å². The van der Waals surface area contributed by atoms with Gasteiger partial charge in [-0.1, -0.05) is 0 Å². The Morgan fingerprint density at radius 1 is 1.08 bits per heavy atom. The van der Waals surface area contributed by atoms with Crippen LogP contribution in [0.4, 0.5) is 0 Å². The summed E-state index contributed by atoms with van der Waals surface area (Å²) in [6, 6.07) is 9.43. The molecule has 0 aliphatic rings. The number of ether oxygens (including phenoxy) is 2. The van der Waals surface area contributed by atoms with Crippen LogP contribution in [0.1, 0.15) is 21.7 Å². The van der Waals surface area contributed by atoms with Gasteiger partial charge < -0.3 is 24.7 Å². The lowest BCUT2D eigenvalue weighted by molar-refractivity contribution is -0.120. The van der Waals surface area contributed by atoms with E-state index in [1.165, 1.54) is 0 Å². The SMILES string of the molecule is COCCNC(=O)CNC(=O)c1cc(C)n(-c2ccc(OC)cc2)c1C. The number of amides is 2. The Labute approximate surface area is 153 Å². The number of nitrogens with one attached hydrogen (secondary N) is 2. The molecule has 1 heterocycles. The predicted molar refractivity (Wildman–Crippen MR) is 99.0 cm³/mol. The second kappa shape index (κ2) is 9.05. The van der Waals surface area contributed by atoms with Gasteiger partial charge in [-0.2, -0.15) is 0 Å². The highest BCUT2D eigenvalue weighted by Crippen LogP contribution is 2.22. The maximum atomic E-state index is 12.4. The summed E-state index contributed by atoms with van der Waals surface area (Å²) >= 11 is 0. The fourth-order valence-electron chi connectivity index (χ4n) is 2.73. The molecule has 7 heteroatoms. The summed E-state index contributed by atoms with van der Waals surface area (Å²) in [5.74, 6) is 0.243. The second-order valence-corrected chi connectivity index (χ2v) is 5.84. The van der Waals surface area contributed by atoms with Crippen LogP contribution in [0.25, 0.3) is 5.69 Å². The van der Waals surface area contributed by atoms with E-state index in [0.29, 0.717) is 18.7 Å². The smallest absolute Gasteiger partial charge is 0.253 e. The predicted octanol–water partition coefficient (Wildman–Crippen LogP) is 1.60. The summed E-state index contributed by atoms with van der Waals surface area (Å²) in [7, 11) is 3.18. The first-order chi connectivity index (χ1) is 12.5. The largest absolute Gasteiger partial charge is 0.497 e. The number of carbonyl (C=O) groups excluding carboxylic acids is 2. The molecule has 0 spiro atoms. The zero-order chi connectivity index (χ0) is 19.1. The van der Waals surface area contributed by atoms with Gasteiger partial charge in [0, 0.05) is 30.7 Å². The van der Waals surface area contributed by atoms with Crippen LogP contribution >= 0.6 is 0 Å². The average Bonchev–Trinajstić information content (AvgIpc) is 2.94. The lowest BCUT2D eigenvalue weighted by Crippen LogP contribution is -2.38. The summed E-state index contributed by atoms with van der Waals surface area (Å²) in [6.07, 6.45) is 0. The Kier molecular flexibility index (Phi) is 6.80. The highest BCUT2D eigenvalue weighted by Gasteiger charge is 2.17. The summed E-state index contributed by atoms with van der Waals surface area (Å²) in [6.45, 7) is 4.59. The molecule has 0 saturated heterocycles. The zero-order valence-electron chi connectivity index (χ0n) is 15.6. The Morgan fingerprint density at radius 2 is 1.77 bits per heavy atom. The van der Waals surface area contributed by atoms with Crippen LogP contribution in [0.3, 0.4) is 0 Å². The van der Waals surface area contributed by atoms with E-state index < -0.39 is 0 Å². The fourth-order valence-corrected chi connectivity index (χ4v) is 2.73. The minimum Gasteiger partial charge on any atom is -0.497 e. The van der Waals surface area contributed by atoms with E-state index >= 15 is 0 Å². The first-order valence-electron chi connectivity index (χ1n) is 8.35. The van der Waals surface area contributed by atoms with Crippen molar-refractivity contribution < 1.29 is 19.1 Å². The van der Waals surface area contributed by atoms with Crippen LogP contribution in [0.5, 0.6) is 5.75 Å². The van der Waals surface area contributed by atoms with Crippen molar-refractivity contribution in [3.63, 3.8) is 0 Å². The van der Waals surface area contributed by atoms with Crippen molar-refractivity contribution in [2.24, 2.45) is 0 Å². The Hall–Kier alpha value is -2.80. The summed E-state index contributed by atoms with van der Waals surface area (Å²) in [5, 5.41) is 5.31. The number of methoxy groups -OCH3 is 2. The maximum absolute atomic E-state index is 12.4. The number of hydrogen-bond donors (Lipinski definition) is 2. The molecule has 0 atom stereocenters. The molecule has 0 saturated carbocycles. The minimum absolute atomic E-state index is 0.0747. The average molecular weight is 359 g/mol. The van der Waals surface area contributed by atoms with E-state index in [2.05, 4.69) is 10.6 Å². The van der Waals surface area contributed by atoms with Gasteiger partial charge in [-0.25, -0.2) is 0 Å². The van der Waals surface area contributed by atoms with E-state index in [-0.39, 0.29) is 18.4 Å². The molecule has 7 nitrogen and oxygen atoms in total. The molecule has 2 amide bonds. The Morgan fingerprint density at radius 3 is 2.38 bits per heavy atom. The Balaban J connectivity index is 2.08. The van der Waals surface area contributed by atoms with Crippen LogP contribution in [-0.4, -0.2) is 50.3 Å². The van der Waals surface area contributed by atoms with Crippen LogP contribution in [0.15, 0.2) is 30.3 Å². The molecule has 2 N–H and O–H groups in total. The third-order valence-electron chi connectivity index (χ3n) is 4.04. The first-order valence-corrected chi connectivity index (χ1v) is 8.35. The number of aromatic nitrogens is 1. The molecule has 1 aromatic heterocycles. The molecule has 0 aliphatic carbocycles. The molecule has 0 radical (unpaired) electrons. The number of rotatable bonds is 8. The molecule has 26 heavy (non-hydrogen) atoms. The molecular weight excluding hydrogens is 334 g/mol. The summed E-state index contributed by atoms with van der Waals surface area (Å²) in [4.78, 5) is 24.1. The topological polar surface area (TPSA) is 81.6 Å². The molecule has 1 aromatic carbocycles. The quantitative estimate of drug-likeness (QED) is 0.702. The summed E-state index contributed by atoms with van der Waals surface area (Å²) in [5.41, 5.74) is 3.23. The van der Waals surface area contributed by atoms with Crippen molar-refractivity contribution in [1.29, 1.82) is 0 Å². The zero-order valence-corrected chi connectivity index (χ0v) is 15.6. The van der Waals surface area contributed by atoms with Gasteiger partial charge in [0.05, 0.1) is 25.8 Å². The van der Waals surface area contributed by atoms with Crippen molar-refractivity contribution in [2.45, 2.75) is 13.8 Å². The van der Waals surface area contributed by atoms with Crippen molar-refractivity contribution in [3.8, 4) is 11.4 Å². The highest BCUT2D eigenvalue weighted by atomic mass is 16.5. The molecule has 140 valence electrons. The van der Waals surface area contributed by atoms with E-state index in [9.17, 15) is 9.59 Å². The number of nitrogens with zero attached hydrogens (tertiary/aromatic N) is 1. The van der Waals surface area contributed by atoms with E-state index in [1.54, 1.807) is 14.2 Å². The third-order valence-corrected chi connectivity index (χ3v) is 4.04. The lowest BCUT2D eigenvalue weighted by Gasteiger charge is -2.11. The molecule has 0 bridgehead atoms. The Bertz CT molecular complexity index is 766. The van der Waals surface area contributed by atoms with Gasteiger partial charge in [-0.15, -0.1) is 0 Å². The molecule has 2 aromatic rings. The van der Waals surface area contributed by atoms with Gasteiger partial charge in [0.1, 0.15) is 5.75 Å². The minimum atomic E-state index is -0.278. The third kappa shape index (κ3) is 4.64. The van der Waals surface area contributed by atoms with Crippen molar-refractivity contribution in [2.75, 3.05) is 33.9 Å². The van der Waals surface area contributed by atoms with Gasteiger partial charge in [0.25, 0.3) is 5.91 Å². The van der Waals surface area contributed by atoms with E-state index in [4.69, 9.17) is 9.47 Å². The molecule has 0 aliphatic heterocycles. The van der Waals surface area contributed by atoms with Gasteiger partial charge >= 0.3 is 0 Å². The second-order valence-electron chi connectivity index (χ2n) is 5.84. The molecule has 2 rings (SSSR count). The van der Waals surface area contributed by atoms with Crippen molar-refractivity contribution in [3.05, 3.63) is 47.3 Å². The molecular formula is C19H25N3O4. The van der Waals surface area contributed by atoms with E-state index in [0.717, 1.165) is 22.8 Å². The van der Waals surface area contributed by atoms with Gasteiger partial charge in [-0.05, 0) is 44.2 Å². The number of aryl methyl sites for hydroxylation is 1. The highest BCUT2D eigenvalue weighted by molar-refractivity contribution is 5.97. The number of hydrogen-bond acceptors (Lipinski definition) is 4. The molecule has 0 unspecified atom stereocenters. The standard InChI is InChI=1S/C19H25N3O4/c1-13-11-17(19(24)21-12-18(23)20-9-10-25-3)14(2)22(13)15-5-7-16(26-4)8-6-15/h5-8,11H,9-10,12H2,1-4H3,(H,20,23)(H,21,24). The number of carbonyl (C=O) groups is 2. The van der Waals surface area contributed by atoms with Crippen LogP contribution in [0, 0.1) is 13.8 Å². The van der Waals surface area contributed by atoms with Gasteiger partial charge in [0.15, 0.2) is 0 Å². The van der Waals surface area contributed by atoms with Gasteiger partial charge in [-0.3, -0.25) is 9.59 Å². The maximum Gasteiger partial charge on any atom is 0.253 e. The van der Waals surface area contributed by atoms with Crippen molar-refractivity contribution >= 4 is 11.8 Å². The fraction of sp³-hybridized carbons (Fsp3) is 0.368. The first kappa shape index (κ1) is 19.5. The normalized spacial score (nSPS) is 10.5. The van der Waals surface area contributed by atoms with Gasteiger partial charge in [0.2, 0.25) is 5.91 Å². The molecule has 0 fully saturated rings. The van der Waals surface area contributed by atoms with Crippen LogP contribution in [0.2, 0.25) is 0 Å². The number of benzene rings is 1. The van der Waals surface area contributed by atoms with Crippen LogP contribution in [-0.2, 0) is 9.53 Å². The van der Waals surface area contributed by atoms with E-state index in [1.807, 2.05) is 48.7 Å². The monoisotopic (exact) mass is 359 g/mol. The van der Waals surface area contributed by atoms with Crippen LogP contribution < -0.4 is 15.4 Å². The lowest BCUT2D eigenvalue weighted by atomic mass is 10.2.